The van der Waals surface area contributed by atoms with Crippen molar-refractivity contribution in [1.82, 2.24) is 20.6 Å². The molecule has 0 saturated carbocycles. The van der Waals surface area contributed by atoms with E-state index < -0.39 is 5.66 Å². The van der Waals surface area contributed by atoms with Crippen molar-refractivity contribution in [1.29, 1.82) is 0 Å². The van der Waals surface area contributed by atoms with E-state index in [4.69, 9.17) is 5.73 Å². The molecule has 1 rings (SSSR count). The lowest BCUT2D eigenvalue weighted by Crippen LogP contribution is -2.63. The van der Waals surface area contributed by atoms with Gasteiger partial charge in [0.15, 0.2) is 5.78 Å². The van der Waals surface area contributed by atoms with Crippen LogP contribution in [0.25, 0.3) is 0 Å². The molecule has 0 aliphatic carbocycles. The van der Waals surface area contributed by atoms with Gasteiger partial charge in [0.25, 0.3) is 0 Å². The zero-order valence-electron chi connectivity index (χ0n) is 19.1. The number of hydrogen-bond donors (Lipinski definition) is 4. The molecule has 28 heavy (non-hydrogen) atoms. The van der Waals surface area contributed by atoms with Gasteiger partial charge in [0, 0.05) is 36.2 Å². The Bertz CT molecular complexity index is 563. The zero-order valence-corrected chi connectivity index (χ0v) is 19.1. The van der Waals surface area contributed by atoms with E-state index in [9.17, 15) is 4.79 Å². The van der Waals surface area contributed by atoms with Crippen molar-refractivity contribution in [3.63, 3.8) is 0 Å². The van der Waals surface area contributed by atoms with Crippen molar-refractivity contribution in [2.24, 2.45) is 17.1 Å². The molecule has 1 aromatic rings. The van der Waals surface area contributed by atoms with Crippen molar-refractivity contribution in [3.8, 4) is 0 Å². The first-order valence-corrected chi connectivity index (χ1v) is 11.0. The number of Topliss-reactive ketones (excluding diaryl/α,β-unsaturated/α-hetero) is 1. The summed E-state index contributed by atoms with van der Waals surface area (Å²) in [6, 6.07) is -0.339. The third-order valence-corrected chi connectivity index (χ3v) is 6.79. The Kier molecular flexibility index (Phi) is 9.81. The second-order valence-electron chi connectivity index (χ2n) is 8.35. The summed E-state index contributed by atoms with van der Waals surface area (Å²) in [6.45, 7) is 16.3. The highest BCUT2D eigenvalue weighted by Gasteiger charge is 2.43. The van der Waals surface area contributed by atoms with Crippen molar-refractivity contribution >= 4 is 5.78 Å². The van der Waals surface area contributed by atoms with Crippen molar-refractivity contribution in [3.05, 3.63) is 18.2 Å². The number of rotatable bonds is 14. The van der Waals surface area contributed by atoms with Gasteiger partial charge in [-0.2, -0.15) is 0 Å². The molecule has 0 bridgehead atoms. The minimum absolute atomic E-state index is 0.0389. The van der Waals surface area contributed by atoms with E-state index in [1.807, 2.05) is 6.20 Å². The van der Waals surface area contributed by atoms with E-state index in [-0.39, 0.29) is 29.1 Å². The molecule has 1 aromatic heterocycles. The Morgan fingerprint density at radius 2 is 1.79 bits per heavy atom. The molecule has 0 fully saturated rings. The molecule has 1 heterocycles. The minimum atomic E-state index is -0.559. The van der Waals surface area contributed by atoms with Crippen LogP contribution in [0.2, 0.25) is 0 Å². The molecule has 3 atom stereocenters. The summed E-state index contributed by atoms with van der Waals surface area (Å²) >= 11 is 0. The third kappa shape index (κ3) is 5.88. The van der Waals surface area contributed by atoms with Crippen LogP contribution >= 0.6 is 0 Å². The predicted octanol–water partition coefficient (Wildman–Crippen LogP) is 3.57. The highest BCUT2D eigenvalue weighted by atomic mass is 16.1. The van der Waals surface area contributed by atoms with E-state index in [2.05, 4.69) is 69.1 Å². The van der Waals surface area contributed by atoms with Crippen LogP contribution in [-0.2, 0) is 4.79 Å². The molecule has 0 aliphatic heterocycles. The van der Waals surface area contributed by atoms with Crippen LogP contribution in [0.4, 0.5) is 0 Å². The number of imidazole rings is 1. The number of nitrogens with one attached hydrogen (secondary N) is 3. The van der Waals surface area contributed by atoms with Crippen LogP contribution < -0.4 is 16.4 Å². The van der Waals surface area contributed by atoms with Crippen molar-refractivity contribution < 1.29 is 4.79 Å². The Hall–Kier alpha value is -1.24. The average molecular weight is 394 g/mol. The smallest absolute Gasteiger partial charge is 0.155 e. The van der Waals surface area contributed by atoms with Crippen LogP contribution in [0.3, 0.4) is 0 Å². The maximum atomic E-state index is 13.8. The number of nitrogens with two attached hydrogens (primary N) is 1. The van der Waals surface area contributed by atoms with E-state index >= 15 is 0 Å². The zero-order chi connectivity index (χ0) is 21.4. The van der Waals surface area contributed by atoms with E-state index in [1.165, 1.54) is 0 Å². The third-order valence-electron chi connectivity index (χ3n) is 6.79. The Balaban J connectivity index is 3.38. The second kappa shape index (κ2) is 11.1. The molecule has 0 amide bonds. The maximum absolute atomic E-state index is 13.8. The van der Waals surface area contributed by atoms with Gasteiger partial charge in [0.1, 0.15) is 5.82 Å². The molecule has 0 saturated heterocycles. The fourth-order valence-electron chi connectivity index (χ4n) is 3.73. The molecule has 5 N–H and O–H groups in total. The first-order valence-electron chi connectivity index (χ1n) is 11.0. The normalized spacial score (nSPS) is 16.0. The summed E-state index contributed by atoms with van der Waals surface area (Å²) in [6.07, 6.45) is 6.79. The van der Waals surface area contributed by atoms with Gasteiger partial charge in [0.2, 0.25) is 0 Å². The maximum Gasteiger partial charge on any atom is 0.155 e. The minimum Gasteiger partial charge on any atom is -0.348 e. The summed E-state index contributed by atoms with van der Waals surface area (Å²) in [7, 11) is 0. The van der Waals surface area contributed by atoms with Gasteiger partial charge in [-0.3, -0.25) is 10.1 Å². The predicted molar refractivity (Wildman–Crippen MR) is 117 cm³/mol. The number of H-pyrrole nitrogens is 1. The highest BCUT2D eigenvalue weighted by molar-refractivity contribution is 5.90. The lowest BCUT2D eigenvalue weighted by Gasteiger charge is -2.42. The molecule has 0 aromatic carbocycles. The molecule has 6 nitrogen and oxygen atoms in total. The van der Waals surface area contributed by atoms with Gasteiger partial charge >= 0.3 is 0 Å². The SMILES string of the molecule is CCNCC(C(NC(N)(CC)CC)C(=O)C(C)(CC)CC)C(C)c1ncc[nH]1. The van der Waals surface area contributed by atoms with Gasteiger partial charge in [-0.05, 0) is 32.2 Å². The van der Waals surface area contributed by atoms with Crippen LogP contribution in [-0.4, -0.2) is 40.5 Å². The number of hydrogen-bond acceptors (Lipinski definition) is 5. The van der Waals surface area contributed by atoms with Gasteiger partial charge in [-0.25, -0.2) is 4.98 Å². The van der Waals surface area contributed by atoms with Crippen LogP contribution in [0.15, 0.2) is 12.4 Å². The molecule has 6 heteroatoms. The number of aromatic amines is 1. The first kappa shape index (κ1) is 24.8. The lowest BCUT2D eigenvalue weighted by atomic mass is 9.72. The fraction of sp³-hybridized carbons (Fsp3) is 0.818. The quantitative estimate of drug-likeness (QED) is 0.362. The molecule has 3 unspecified atom stereocenters. The van der Waals surface area contributed by atoms with E-state index in [0.29, 0.717) is 0 Å². The Labute approximate surface area is 171 Å². The number of nitrogens with zero attached hydrogens (tertiary/aromatic N) is 1. The van der Waals surface area contributed by atoms with Crippen LogP contribution in [0.5, 0.6) is 0 Å². The summed E-state index contributed by atoms with van der Waals surface area (Å²) in [5.41, 5.74) is 5.71. The Morgan fingerprint density at radius 1 is 1.18 bits per heavy atom. The molecule has 0 aliphatic rings. The van der Waals surface area contributed by atoms with Gasteiger partial charge < -0.3 is 16.0 Å². The average Bonchev–Trinajstić information content (AvgIpc) is 3.26. The second-order valence-corrected chi connectivity index (χ2v) is 8.35. The summed E-state index contributed by atoms with van der Waals surface area (Å²) in [4.78, 5) is 21.5. The Morgan fingerprint density at radius 3 is 2.21 bits per heavy atom. The highest BCUT2D eigenvalue weighted by Crippen LogP contribution is 2.34. The van der Waals surface area contributed by atoms with E-state index in [0.717, 1.165) is 44.6 Å². The van der Waals surface area contributed by atoms with Crippen LogP contribution in [0.1, 0.15) is 85.9 Å². The number of ketones is 1. The van der Waals surface area contributed by atoms with Gasteiger partial charge in [0.05, 0.1) is 11.7 Å². The topological polar surface area (TPSA) is 95.8 Å². The van der Waals surface area contributed by atoms with Crippen molar-refractivity contribution in [2.75, 3.05) is 13.1 Å². The summed E-state index contributed by atoms with van der Waals surface area (Å²) in [5.74, 6) is 1.30. The number of carbonyl (C=O) groups is 1. The summed E-state index contributed by atoms with van der Waals surface area (Å²) < 4.78 is 0. The van der Waals surface area contributed by atoms with Gasteiger partial charge in [-0.1, -0.05) is 48.5 Å². The number of aromatic nitrogens is 2. The molecule has 162 valence electrons. The molecular formula is C22H43N5O. The monoisotopic (exact) mass is 393 g/mol. The fourth-order valence-corrected chi connectivity index (χ4v) is 3.73. The molecule has 0 radical (unpaired) electrons. The van der Waals surface area contributed by atoms with Crippen LogP contribution in [0, 0.1) is 11.3 Å². The molecular weight excluding hydrogens is 350 g/mol. The largest absolute Gasteiger partial charge is 0.348 e. The van der Waals surface area contributed by atoms with Gasteiger partial charge in [-0.15, -0.1) is 0 Å². The standard InChI is InChI=1S/C22H43N5O/c1-8-21(7,9-2)19(28)18(27-22(23,10-3)11-4)17(15-24-12-5)16(6)20-25-13-14-26-20/h13-14,16-18,24,27H,8-12,15,23H2,1-7H3,(H,25,26). The number of carbonyl (C=O) groups excluding carboxylic acids is 1. The lowest BCUT2D eigenvalue weighted by molar-refractivity contribution is -0.133. The van der Waals surface area contributed by atoms with E-state index in [1.54, 1.807) is 6.20 Å². The molecule has 0 spiro atoms. The van der Waals surface area contributed by atoms with Crippen molar-refractivity contribution in [2.45, 2.75) is 91.8 Å². The first-order chi connectivity index (χ1) is 13.2. The summed E-state index contributed by atoms with van der Waals surface area (Å²) in [5, 5.41) is 7.06.